The Hall–Kier alpha value is -0.850. The Morgan fingerprint density at radius 1 is 1.44 bits per heavy atom. The number of nitrogens with two attached hydrogens (primary N) is 1. The molecule has 0 heterocycles. The summed E-state index contributed by atoms with van der Waals surface area (Å²) in [5, 5.41) is 8.95. The molecule has 1 fully saturated rings. The molecule has 1 aliphatic carbocycles. The maximum atomic E-state index is 8.95. The molecule has 0 aliphatic heterocycles. The van der Waals surface area contributed by atoms with Crippen LogP contribution in [0.25, 0.3) is 0 Å². The molecule has 0 radical (unpaired) electrons. The number of hydrogen-bond acceptors (Lipinski definition) is 2. The first-order valence-electron chi connectivity index (χ1n) is 5.62. The van der Waals surface area contributed by atoms with Crippen LogP contribution < -0.4 is 5.73 Å². The summed E-state index contributed by atoms with van der Waals surface area (Å²) in [4.78, 5) is 0. The van der Waals surface area contributed by atoms with Crippen LogP contribution in [-0.2, 0) is 5.41 Å². The van der Waals surface area contributed by atoms with Crippen molar-refractivity contribution in [2.45, 2.75) is 31.1 Å². The molecule has 1 aliphatic rings. The Morgan fingerprint density at radius 2 is 2.19 bits per heavy atom. The Kier molecular flexibility index (Phi) is 3.32. The second-order valence-electron chi connectivity index (χ2n) is 4.48. The van der Waals surface area contributed by atoms with Gasteiger partial charge in [0, 0.05) is 4.47 Å². The summed E-state index contributed by atoms with van der Waals surface area (Å²) >= 11 is 3.59. The average Bonchev–Trinajstić information content (AvgIpc) is 2.25. The third-order valence-electron chi connectivity index (χ3n) is 3.60. The molecule has 84 valence electrons. The van der Waals surface area contributed by atoms with Gasteiger partial charge in [-0.2, -0.15) is 5.26 Å². The fraction of sp³-hybridized carbons (Fsp3) is 0.462. The molecule has 0 bridgehead atoms. The largest absolute Gasteiger partial charge is 0.330 e. The molecule has 1 saturated carbocycles. The highest BCUT2D eigenvalue weighted by Crippen LogP contribution is 2.48. The van der Waals surface area contributed by atoms with E-state index in [2.05, 4.69) is 22.0 Å². The molecular formula is C13H15BrN2. The quantitative estimate of drug-likeness (QED) is 0.924. The maximum Gasteiger partial charge on any atom is 0.0991 e. The maximum absolute atomic E-state index is 8.95. The van der Waals surface area contributed by atoms with Crippen molar-refractivity contribution in [1.29, 1.82) is 5.26 Å². The van der Waals surface area contributed by atoms with Crippen LogP contribution in [0.2, 0.25) is 0 Å². The Bertz CT molecular complexity index is 430. The molecule has 0 spiro atoms. The Morgan fingerprint density at radius 3 is 2.69 bits per heavy atom. The first-order valence-corrected chi connectivity index (χ1v) is 6.41. The lowest BCUT2D eigenvalue weighted by atomic mass is 9.62. The van der Waals surface area contributed by atoms with E-state index in [1.54, 1.807) is 0 Å². The van der Waals surface area contributed by atoms with Gasteiger partial charge in [-0.05, 0) is 55.0 Å². The van der Waals surface area contributed by atoms with Crippen molar-refractivity contribution in [3.05, 3.63) is 33.8 Å². The van der Waals surface area contributed by atoms with Gasteiger partial charge in [0.1, 0.15) is 0 Å². The first-order chi connectivity index (χ1) is 7.72. The predicted octanol–water partition coefficient (Wildman–Crippen LogP) is 3.09. The molecule has 1 aromatic rings. The van der Waals surface area contributed by atoms with E-state index < -0.39 is 0 Å². The van der Waals surface area contributed by atoms with Gasteiger partial charge in [0.2, 0.25) is 0 Å². The normalized spacial score (nSPS) is 17.6. The first kappa shape index (κ1) is 11.6. The van der Waals surface area contributed by atoms with E-state index in [-0.39, 0.29) is 5.41 Å². The van der Waals surface area contributed by atoms with E-state index in [4.69, 9.17) is 11.0 Å². The zero-order valence-corrected chi connectivity index (χ0v) is 10.8. The predicted molar refractivity (Wildman–Crippen MR) is 68.1 cm³/mol. The lowest BCUT2D eigenvalue weighted by molar-refractivity contribution is 0.228. The minimum atomic E-state index is 0.223. The Balaban J connectivity index is 2.41. The smallest absolute Gasteiger partial charge is 0.0991 e. The van der Waals surface area contributed by atoms with E-state index in [0.717, 1.165) is 16.5 Å². The number of halogens is 1. The van der Waals surface area contributed by atoms with Crippen LogP contribution in [0.15, 0.2) is 22.7 Å². The van der Waals surface area contributed by atoms with Gasteiger partial charge in [-0.15, -0.1) is 0 Å². The van der Waals surface area contributed by atoms with Gasteiger partial charge in [-0.1, -0.05) is 22.4 Å². The molecule has 16 heavy (non-hydrogen) atoms. The number of benzene rings is 1. The molecule has 2 nitrogen and oxygen atoms in total. The molecule has 2 rings (SSSR count). The molecule has 0 atom stereocenters. The van der Waals surface area contributed by atoms with Crippen LogP contribution in [0.1, 0.15) is 36.8 Å². The second kappa shape index (κ2) is 4.57. The summed E-state index contributed by atoms with van der Waals surface area (Å²) in [5.74, 6) is 0. The van der Waals surface area contributed by atoms with Crippen LogP contribution in [-0.4, -0.2) is 6.54 Å². The monoisotopic (exact) mass is 278 g/mol. The SMILES string of the molecule is N#Cc1ccc(Br)c(C2(CCN)CCC2)c1. The van der Waals surface area contributed by atoms with Gasteiger partial charge in [0.05, 0.1) is 11.6 Å². The minimum Gasteiger partial charge on any atom is -0.330 e. The summed E-state index contributed by atoms with van der Waals surface area (Å²) < 4.78 is 1.11. The fourth-order valence-corrected chi connectivity index (χ4v) is 3.20. The van der Waals surface area contributed by atoms with Crippen molar-refractivity contribution in [2.75, 3.05) is 6.54 Å². The zero-order chi connectivity index (χ0) is 11.6. The van der Waals surface area contributed by atoms with Crippen LogP contribution in [0.4, 0.5) is 0 Å². The van der Waals surface area contributed by atoms with Crippen LogP contribution in [0.5, 0.6) is 0 Å². The average molecular weight is 279 g/mol. The number of hydrogen-bond donors (Lipinski definition) is 1. The van der Waals surface area contributed by atoms with E-state index in [1.165, 1.54) is 24.8 Å². The van der Waals surface area contributed by atoms with Gasteiger partial charge in [-0.3, -0.25) is 0 Å². The van der Waals surface area contributed by atoms with Crippen molar-refractivity contribution in [3.63, 3.8) is 0 Å². The molecular weight excluding hydrogens is 264 g/mol. The minimum absolute atomic E-state index is 0.223. The third-order valence-corrected chi connectivity index (χ3v) is 4.29. The lowest BCUT2D eigenvalue weighted by Gasteiger charge is -2.43. The van der Waals surface area contributed by atoms with E-state index >= 15 is 0 Å². The van der Waals surface area contributed by atoms with E-state index in [0.29, 0.717) is 6.54 Å². The second-order valence-corrected chi connectivity index (χ2v) is 5.33. The highest BCUT2D eigenvalue weighted by atomic mass is 79.9. The van der Waals surface area contributed by atoms with E-state index in [9.17, 15) is 0 Å². The van der Waals surface area contributed by atoms with Crippen molar-refractivity contribution in [3.8, 4) is 6.07 Å². The van der Waals surface area contributed by atoms with E-state index in [1.807, 2.05) is 18.2 Å². The topological polar surface area (TPSA) is 49.8 Å². The highest BCUT2D eigenvalue weighted by Gasteiger charge is 2.39. The lowest BCUT2D eigenvalue weighted by Crippen LogP contribution is -2.36. The molecule has 0 aromatic heterocycles. The molecule has 1 aromatic carbocycles. The third kappa shape index (κ3) is 1.88. The standard InChI is InChI=1S/C13H15BrN2/c14-12-3-2-10(9-16)8-11(12)13(6-7-15)4-1-5-13/h2-3,8H,1,4-7,15H2. The van der Waals surface area contributed by atoms with Gasteiger partial charge in [0.15, 0.2) is 0 Å². The van der Waals surface area contributed by atoms with Crippen molar-refractivity contribution in [2.24, 2.45) is 5.73 Å². The molecule has 2 N–H and O–H groups in total. The summed E-state index contributed by atoms with van der Waals surface area (Å²) in [6.07, 6.45) is 4.67. The number of nitriles is 1. The molecule has 3 heteroatoms. The summed E-state index contributed by atoms with van der Waals surface area (Å²) in [6.45, 7) is 0.712. The fourth-order valence-electron chi connectivity index (χ4n) is 2.54. The molecule has 0 amide bonds. The summed E-state index contributed by atoms with van der Waals surface area (Å²) in [5.41, 5.74) is 7.93. The number of nitrogens with zero attached hydrogens (tertiary/aromatic N) is 1. The summed E-state index contributed by atoms with van der Waals surface area (Å²) in [7, 11) is 0. The van der Waals surface area contributed by atoms with Gasteiger partial charge >= 0.3 is 0 Å². The molecule has 0 unspecified atom stereocenters. The van der Waals surface area contributed by atoms with Gasteiger partial charge < -0.3 is 5.73 Å². The van der Waals surface area contributed by atoms with Crippen LogP contribution in [0.3, 0.4) is 0 Å². The zero-order valence-electron chi connectivity index (χ0n) is 9.17. The highest BCUT2D eigenvalue weighted by molar-refractivity contribution is 9.10. The Labute approximate surface area is 105 Å². The van der Waals surface area contributed by atoms with Crippen molar-refractivity contribution >= 4 is 15.9 Å². The van der Waals surface area contributed by atoms with Crippen LogP contribution in [0, 0.1) is 11.3 Å². The van der Waals surface area contributed by atoms with Gasteiger partial charge in [0.25, 0.3) is 0 Å². The van der Waals surface area contributed by atoms with Crippen molar-refractivity contribution < 1.29 is 0 Å². The van der Waals surface area contributed by atoms with Crippen LogP contribution >= 0.6 is 15.9 Å². The van der Waals surface area contributed by atoms with Gasteiger partial charge in [-0.25, -0.2) is 0 Å². The number of rotatable bonds is 3. The summed E-state index contributed by atoms with van der Waals surface area (Å²) in [6, 6.07) is 8.04. The molecule has 0 saturated heterocycles. The van der Waals surface area contributed by atoms with Crippen molar-refractivity contribution in [1.82, 2.24) is 0 Å².